The van der Waals surface area contributed by atoms with Crippen molar-refractivity contribution in [3.8, 4) is 0 Å². The van der Waals surface area contributed by atoms with Crippen molar-refractivity contribution < 1.29 is 0 Å². The third-order valence-electron chi connectivity index (χ3n) is 1.56. The Balaban J connectivity index is 2.70. The summed E-state index contributed by atoms with van der Waals surface area (Å²) >= 11 is 3.47. The van der Waals surface area contributed by atoms with Crippen LogP contribution in [-0.2, 0) is 0 Å². The van der Waals surface area contributed by atoms with Crippen LogP contribution >= 0.6 is 34.2 Å². The molecule has 0 bridgehead atoms. The molecule has 2 aromatic rings. The molecule has 0 spiro atoms. The first-order chi connectivity index (χ1) is 5.83. The van der Waals surface area contributed by atoms with Gasteiger partial charge in [-0.3, -0.25) is 4.40 Å². The second-order valence-corrected chi connectivity index (χ2v) is 3.59. The van der Waals surface area contributed by atoms with Crippen LogP contribution in [0, 0.1) is 6.92 Å². The van der Waals surface area contributed by atoms with Crippen LogP contribution in [-0.4, -0.2) is 9.38 Å². The Morgan fingerprint density at radius 3 is 3.25 bits per heavy atom. The maximum Gasteiger partial charge on any atom is 0.211 e. The maximum atomic E-state index is 4.11. The zero-order valence-corrected chi connectivity index (χ0v) is 9.20. The molecule has 0 radical (unpaired) electrons. The molecule has 0 saturated heterocycles. The van der Waals surface area contributed by atoms with Gasteiger partial charge in [-0.1, -0.05) is 0 Å². The predicted octanol–water partition coefficient (Wildman–Crippen LogP) is 3.14. The maximum absolute atomic E-state index is 4.11. The quantitative estimate of drug-likeness (QED) is 0.588. The van der Waals surface area contributed by atoms with E-state index < -0.39 is 0 Å². The minimum absolute atomic E-state index is 0.697. The molecule has 6 heteroatoms. The van der Waals surface area contributed by atoms with Gasteiger partial charge in [0.25, 0.3) is 0 Å². The zero-order chi connectivity index (χ0) is 8.55. The van der Waals surface area contributed by atoms with Gasteiger partial charge in [0.15, 0.2) is 0 Å². The molecule has 2 aromatic heterocycles. The number of hydrogen-bond donors (Lipinski definition) is 0. The lowest BCUT2D eigenvalue weighted by molar-refractivity contribution is 1.10. The molecular weight excluding hydrogens is 287 g/mol. The number of rotatable bonds is 1. The Kier molecular flexibility index (Phi) is 2.09. The summed E-state index contributed by atoms with van der Waals surface area (Å²) in [7, 11) is 0. The summed E-state index contributed by atoms with van der Waals surface area (Å²) < 4.78 is 5.67. The van der Waals surface area contributed by atoms with Crippen LogP contribution < -0.4 is 0 Å². The predicted molar refractivity (Wildman–Crippen MR) is 56.3 cm³/mol. The number of thiazole rings is 1. The van der Waals surface area contributed by atoms with Crippen molar-refractivity contribution in [2.45, 2.75) is 6.92 Å². The van der Waals surface area contributed by atoms with Crippen LogP contribution in [0.3, 0.4) is 0 Å². The molecular formula is C6H5IN4S. The molecule has 0 fully saturated rings. The molecule has 0 unspecified atom stereocenters. The van der Waals surface area contributed by atoms with Gasteiger partial charge in [-0.25, -0.2) is 4.98 Å². The van der Waals surface area contributed by atoms with Crippen molar-refractivity contribution in [3.63, 3.8) is 0 Å². The van der Waals surface area contributed by atoms with Crippen molar-refractivity contribution in [2.24, 2.45) is 8.44 Å². The lowest BCUT2D eigenvalue weighted by Crippen LogP contribution is -1.77. The molecule has 4 nitrogen and oxygen atoms in total. The highest BCUT2D eigenvalue weighted by molar-refractivity contribution is 14.1. The standard InChI is InChI=1S/C6H5IN4S/c1-4-2-12-6-5(9-10-7)8-3-11(4)6/h2-3H,1H3. The molecule has 0 saturated carbocycles. The van der Waals surface area contributed by atoms with E-state index in [0.29, 0.717) is 5.82 Å². The van der Waals surface area contributed by atoms with Gasteiger partial charge in [0.1, 0.15) is 34.0 Å². The highest BCUT2D eigenvalue weighted by atomic mass is 127. The van der Waals surface area contributed by atoms with Gasteiger partial charge in [-0.15, -0.1) is 19.8 Å². The topological polar surface area (TPSA) is 42.0 Å². The first-order valence-electron chi connectivity index (χ1n) is 3.26. The molecule has 0 atom stereocenters. The van der Waals surface area contributed by atoms with Gasteiger partial charge >= 0.3 is 0 Å². The molecule has 0 N–H and O–H groups in total. The van der Waals surface area contributed by atoms with E-state index in [1.165, 1.54) is 5.69 Å². The van der Waals surface area contributed by atoms with E-state index in [1.54, 1.807) is 17.7 Å². The van der Waals surface area contributed by atoms with Crippen molar-refractivity contribution in [2.75, 3.05) is 0 Å². The van der Waals surface area contributed by atoms with Gasteiger partial charge < -0.3 is 0 Å². The summed E-state index contributed by atoms with van der Waals surface area (Å²) in [5.41, 5.74) is 1.18. The third kappa shape index (κ3) is 1.14. The largest absolute Gasteiger partial charge is 0.292 e. The van der Waals surface area contributed by atoms with Crippen molar-refractivity contribution in [1.82, 2.24) is 9.38 Å². The highest BCUT2D eigenvalue weighted by Crippen LogP contribution is 2.25. The molecule has 0 aliphatic heterocycles. The minimum atomic E-state index is 0.697. The van der Waals surface area contributed by atoms with Gasteiger partial charge in [-0.05, 0) is 6.92 Å². The first kappa shape index (κ1) is 8.11. The number of imidazole rings is 1. The second-order valence-electron chi connectivity index (χ2n) is 2.30. The third-order valence-corrected chi connectivity index (χ3v) is 2.84. The molecule has 2 rings (SSSR count). The second kappa shape index (κ2) is 3.09. The Labute approximate surface area is 86.8 Å². The Hall–Kier alpha value is -0.500. The van der Waals surface area contributed by atoms with E-state index in [-0.39, 0.29) is 0 Å². The summed E-state index contributed by atoms with van der Waals surface area (Å²) in [6.45, 7) is 2.04. The van der Waals surface area contributed by atoms with Crippen LogP contribution in [0.25, 0.3) is 4.83 Å². The van der Waals surface area contributed by atoms with E-state index in [1.807, 2.05) is 34.2 Å². The lowest BCUT2D eigenvalue weighted by atomic mass is 10.6. The average molecular weight is 292 g/mol. The average Bonchev–Trinajstić information content (AvgIpc) is 2.58. The van der Waals surface area contributed by atoms with Crippen LogP contribution in [0.15, 0.2) is 20.1 Å². The van der Waals surface area contributed by atoms with Crippen LogP contribution in [0.4, 0.5) is 5.82 Å². The fraction of sp³-hybridized carbons (Fsp3) is 0.167. The lowest BCUT2D eigenvalue weighted by Gasteiger charge is -1.83. The van der Waals surface area contributed by atoms with Crippen LogP contribution in [0.2, 0.25) is 0 Å². The zero-order valence-electron chi connectivity index (χ0n) is 6.23. The molecule has 0 aliphatic rings. The molecule has 0 aliphatic carbocycles. The Morgan fingerprint density at radius 2 is 2.50 bits per heavy atom. The van der Waals surface area contributed by atoms with Crippen molar-refractivity contribution >= 4 is 44.8 Å². The normalized spacial score (nSPS) is 11.8. The summed E-state index contributed by atoms with van der Waals surface area (Å²) in [6, 6.07) is 0. The van der Waals surface area contributed by atoms with Crippen molar-refractivity contribution in [1.29, 1.82) is 0 Å². The van der Waals surface area contributed by atoms with E-state index in [2.05, 4.69) is 18.8 Å². The number of nitrogens with zero attached hydrogens (tertiary/aromatic N) is 4. The number of fused-ring (bicyclic) bond motifs is 1. The number of halogens is 1. The molecule has 62 valence electrons. The van der Waals surface area contributed by atoms with E-state index in [0.717, 1.165) is 4.83 Å². The fourth-order valence-corrected chi connectivity index (χ4v) is 2.09. The first-order valence-corrected chi connectivity index (χ1v) is 5.10. The van der Waals surface area contributed by atoms with Crippen molar-refractivity contribution in [3.05, 3.63) is 17.4 Å². The van der Waals surface area contributed by atoms with E-state index in [4.69, 9.17) is 0 Å². The molecule has 2 heterocycles. The number of hydrogen-bond acceptors (Lipinski definition) is 4. The highest BCUT2D eigenvalue weighted by Gasteiger charge is 2.05. The van der Waals surface area contributed by atoms with Crippen LogP contribution in [0.1, 0.15) is 5.69 Å². The molecule has 0 amide bonds. The monoisotopic (exact) mass is 292 g/mol. The van der Waals surface area contributed by atoms with Gasteiger partial charge in [0.05, 0.1) is 0 Å². The van der Waals surface area contributed by atoms with E-state index >= 15 is 0 Å². The van der Waals surface area contributed by atoms with Gasteiger partial charge in [0.2, 0.25) is 5.82 Å². The number of aryl methyl sites for hydroxylation is 1. The smallest absolute Gasteiger partial charge is 0.211 e. The summed E-state index contributed by atoms with van der Waals surface area (Å²) in [5.74, 6) is 0.697. The summed E-state index contributed by atoms with van der Waals surface area (Å²) in [5, 5.41) is 5.97. The molecule has 0 aromatic carbocycles. The molecule has 12 heavy (non-hydrogen) atoms. The Bertz CT molecular complexity index is 430. The van der Waals surface area contributed by atoms with Gasteiger partial charge in [-0.2, -0.15) is 0 Å². The minimum Gasteiger partial charge on any atom is -0.292 e. The fourth-order valence-electron chi connectivity index (χ4n) is 0.991. The summed E-state index contributed by atoms with van der Waals surface area (Å²) in [6.07, 6.45) is 1.77. The summed E-state index contributed by atoms with van der Waals surface area (Å²) in [4.78, 5) is 5.16. The SMILES string of the molecule is Cc1csc2c(N=NI)ncn12. The Morgan fingerprint density at radius 1 is 1.67 bits per heavy atom. The number of aromatic nitrogens is 2. The van der Waals surface area contributed by atoms with Crippen LogP contribution in [0.5, 0.6) is 0 Å². The van der Waals surface area contributed by atoms with Gasteiger partial charge in [0, 0.05) is 11.1 Å². The van der Waals surface area contributed by atoms with E-state index in [9.17, 15) is 0 Å².